The summed E-state index contributed by atoms with van der Waals surface area (Å²) in [6.45, 7) is 0. The molecule has 2 fully saturated rings. The lowest BCUT2D eigenvalue weighted by molar-refractivity contribution is -0.276. The molecule has 1 N–H and O–H groups in total. The second-order valence-corrected chi connectivity index (χ2v) is 4.79. The molecule has 0 spiro atoms. The monoisotopic (exact) mass is 273 g/mol. The molecule has 2 bridgehead atoms. The van der Waals surface area contributed by atoms with Crippen LogP contribution in [0.25, 0.3) is 0 Å². The lowest BCUT2D eigenvalue weighted by atomic mass is 9.99. The first-order chi connectivity index (χ1) is 8.14. The van der Waals surface area contributed by atoms with Crippen molar-refractivity contribution in [3.05, 3.63) is 0 Å². The molecular weight excluding hydrogens is 261 g/mol. The van der Waals surface area contributed by atoms with Gasteiger partial charge in [-0.1, -0.05) is 0 Å². The zero-order chi connectivity index (χ0) is 13.7. The van der Waals surface area contributed by atoms with Gasteiger partial charge >= 0.3 is 18.0 Å². The number of carbonyl (C=O) groups is 1. The summed E-state index contributed by atoms with van der Waals surface area (Å²) in [7, 11) is 0. The number of nitrogens with zero attached hydrogens (tertiary/aromatic N) is 1. The average Bonchev–Trinajstić information content (AvgIpc) is 2.48. The highest BCUT2D eigenvalue weighted by Crippen LogP contribution is 2.42. The fourth-order valence-corrected chi connectivity index (χ4v) is 2.76. The Morgan fingerprint density at radius 2 is 1.50 bits per heavy atom. The van der Waals surface area contributed by atoms with Gasteiger partial charge in [-0.15, -0.1) is 0 Å². The highest BCUT2D eigenvalue weighted by Gasteiger charge is 2.66. The largest absolute Gasteiger partial charge is 0.463 e. The Morgan fingerprint density at radius 1 is 1.06 bits per heavy atom. The average molecular weight is 273 g/mol. The van der Waals surface area contributed by atoms with Crippen LogP contribution < -0.4 is 0 Å². The van der Waals surface area contributed by atoms with Gasteiger partial charge in [0.1, 0.15) is 0 Å². The third-order valence-electron chi connectivity index (χ3n) is 3.57. The molecule has 8 heteroatoms. The second kappa shape index (κ2) is 4.04. The van der Waals surface area contributed by atoms with E-state index in [0.29, 0.717) is 17.7 Å². The molecule has 0 radical (unpaired) electrons. The number of rotatable bonds is 1. The number of piperidine rings is 1. The Morgan fingerprint density at radius 3 is 1.89 bits per heavy atom. The van der Waals surface area contributed by atoms with Gasteiger partial charge in [0.2, 0.25) is 0 Å². The Bertz CT molecular complexity index is 343. The van der Waals surface area contributed by atoms with E-state index >= 15 is 0 Å². The number of aliphatic hydroxyl groups excluding tert-OH is 1. The smallest absolute Gasteiger partial charge is 0.393 e. The molecule has 2 aliphatic heterocycles. The number of aliphatic hydroxyl groups is 1. The third-order valence-corrected chi connectivity index (χ3v) is 3.57. The predicted octanol–water partition coefficient (Wildman–Crippen LogP) is 1.70. The Kier molecular flexibility index (Phi) is 3.03. The molecule has 0 aromatic heterocycles. The van der Waals surface area contributed by atoms with Crippen molar-refractivity contribution < 1.29 is 31.9 Å². The Labute approximate surface area is 99.6 Å². The van der Waals surface area contributed by atoms with Crippen LogP contribution in [0.3, 0.4) is 0 Å². The summed E-state index contributed by atoms with van der Waals surface area (Å²) >= 11 is 0. The molecule has 2 saturated heterocycles. The fraction of sp³-hybridized carbons (Fsp3) is 0.900. The molecule has 1 amide bonds. The number of carbonyl (C=O) groups excluding carboxylic acids is 1. The number of hydrogen-bond acceptors (Lipinski definition) is 2. The summed E-state index contributed by atoms with van der Waals surface area (Å²) < 4.78 is 62.4. The molecule has 2 heterocycles. The van der Waals surface area contributed by atoms with Crippen molar-refractivity contribution in [2.24, 2.45) is 0 Å². The molecule has 0 aromatic carbocycles. The van der Waals surface area contributed by atoms with Crippen LogP contribution in [0.1, 0.15) is 25.7 Å². The van der Waals surface area contributed by atoms with Crippen molar-refractivity contribution in [2.45, 2.75) is 56.0 Å². The molecule has 3 nitrogen and oxygen atoms in total. The summed E-state index contributed by atoms with van der Waals surface area (Å²) in [4.78, 5) is 12.0. The van der Waals surface area contributed by atoms with Crippen LogP contribution >= 0.6 is 0 Å². The molecule has 0 aromatic rings. The lowest BCUT2D eigenvalue weighted by Gasteiger charge is -2.39. The number of alkyl halides is 5. The van der Waals surface area contributed by atoms with E-state index in [1.807, 2.05) is 0 Å². The topological polar surface area (TPSA) is 40.5 Å². The van der Waals surface area contributed by atoms with Gasteiger partial charge < -0.3 is 10.0 Å². The Hall–Kier alpha value is -0.920. The zero-order valence-corrected chi connectivity index (χ0v) is 9.25. The third kappa shape index (κ3) is 1.96. The van der Waals surface area contributed by atoms with Crippen LogP contribution in [-0.2, 0) is 4.79 Å². The first-order valence-electron chi connectivity index (χ1n) is 5.60. The number of halogens is 5. The summed E-state index contributed by atoms with van der Waals surface area (Å²) in [5.74, 6) is -7.54. The van der Waals surface area contributed by atoms with E-state index in [1.54, 1.807) is 0 Å². The molecule has 18 heavy (non-hydrogen) atoms. The minimum absolute atomic E-state index is 0.0657. The van der Waals surface area contributed by atoms with Crippen LogP contribution in [0.5, 0.6) is 0 Å². The molecule has 2 unspecified atom stereocenters. The van der Waals surface area contributed by atoms with Crippen LogP contribution in [0, 0.1) is 0 Å². The van der Waals surface area contributed by atoms with Gasteiger partial charge in [-0.25, -0.2) is 0 Å². The summed E-state index contributed by atoms with van der Waals surface area (Å²) in [6, 6.07) is -1.42. The summed E-state index contributed by atoms with van der Waals surface area (Å²) in [5, 5.41) is 9.40. The maximum atomic E-state index is 13.0. The van der Waals surface area contributed by atoms with Crippen molar-refractivity contribution in [3.8, 4) is 0 Å². The minimum atomic E-state index is -5.88. The van der Waals surface area contributed by atoms with E-state index in [1.165, 1.54) is 0 Å². The van der Waals surface area contributed by atoms with Gasteiger partial charge in [0.15, 0.2) is 0 Å². The quantitative estimate of drug-likeness (QED) is 0.739. The van der Waals surface area contributed by atoms with Crippen molar-refractivity contribution >= 4 is 5.91 Å². The molecule has 2 aliphatic rings. The van der Waals surface area contributed by atoms with Crippen LogP contribution in [0.4, 0.5) is 22.0 Å². The van der Waals surface area contributed by atoms with Gasteiger partial charge in [0, 0.05) is 12.1 Å². The van der Waals surface area contributed by atoms with Gasteiger partial charge in [-0.3, -0.25) is 4.79 Å². The van der Waals surface area contributed by atoms with E-state index in [2.05, 4.69) is 0 Å². The molecule has 2 rings (SSSR count). The normalized spacial score (nSPS) is 32.8. The first kappa shape index (κ1) is 13.5. The fourth-order valence-electron chi connectivity index (χ4n) is 2.76. The van der Waals surface area contributed by atoms with Crippen LogP contribution in [0.15, 0.2) is 0 Å². The standard InChI is InChI=1S/C10H12F5NO2/c11-9(12,10(13,14)15)8(18)16-5-1-2-6(16)4-7(17)3-5/h5-7,17H,1-4H2. The zero-order valence-electron chi connectivity index (χ0n) is 9.25. The molecule has 2 atom stereocenters. The molecule has 0 saturated carbocycles. The van der Waals surface area contributed by atoms with E-state index in [0.717, 1.165) is 0 Å². The van der Waals surface area contributed by atoms with Crippen LogP contribution in [0.2, 0.25) is 0 Å². The van der Waals surface area contributed by atoms with E-state index in [-0.39, 0.29) is 12.8 Å². The predicted molar refractivity (Wildman–Crippen MR) is 49.9 cm³/mol. The SMILES string of the molecule is O=C(N1C2CCC1CC(O)C2)C(F)(F)C(F)(F)F. The first-order valence-corrected chi connectivity index (χ1v) is 5.60. The lowest BCUT2D eigenvalue weighted by Crippen LogP contribution is -2.58. The highest BCUT2D eigenvalue weighted by molar-refractivity contribution is 5.85. The molecular formula is C10H12F5NO2. The van der Waals surface area contributed by atoms with Gasteiger partial charge in [-0.2, -0.15) is 22.0 Å². The van der Waals surface area contributed by atoms with Crippen molar-refractivity contribution in [1.82, 2.24) is 4.90 Å². The number of fused-ring (bicyclic) bond motifs is 2. The molecule has 104 valence electrons. The number of amides is 1. The second-order valence-electron chi connectivity index (χ2n) is 4.79. The maximum Gasteiger partial charge on any atom is 0.463 e. The Balaban J connectivity index is 2.21. The summed E-state index contributed by atoms with van der Waals surface area (Å²) in [6.07, 6.45) is -5.75. The van der Waals surface area contributed by atoms with Crippen LogP contribution in [-0.4, -0.2) is 46.2 Å². The van der Waals surface area contributed by atoms with Gasteiger partial charge in [0.05, 0.1) is 6.10 Å². The van der Waals surface area contributed by atoms with Crippen molar-refractivity contribution in [1.29, 1.82) is 0 Å². The minimum Gasteiger partial charge on any atom is -0.393 e. The van der Waals surface area contributed by atoms with Gasteiger partial charge in [-0.05, 0) is 25.7 Å². The molecule has 0 aliphatic carbocycles. The van der Waals surface area contributed by atoms with Gasteiger partial charge in [0.25, 0.3) is 0 Å². The highest BCUT2D eigenvalue weighted by atomic mass is 19.4. The number of hydrogen-bond donors (Lipinski definition) is 1. The van der Waals surface area contributed by atoms with Crippen molar-refractivity contribution in [2.75, 3.05) is 0 Å². The van der Waals surface area contributed by atoms with E-state index < -0.39 is 36.2 Å². The maximum absolute atomic E-state index is 13.0. The van der Waals surface area contributed by atoms with Crippen molar-refractivity contribution in [3.63, 3.8) is 0 Å². The summed E-state index contributed by atoms with van der Waals surface area (Å²) in [5.41, 5.74) is 0. The van der Waals surface area contributed by atoms with E-state index in [4.69, 9.17) is 0 Å². The van der Waals surface area contributed by atoms with E-state index in [9.17, 15) is 31.9 Å².